The van der Waals surface area contributed by atoms with Crippen molar-refractivity contribution in [1.29, 1.82) is 0 Å². The van der Waals surface area contributed by atoms with Gasteiger partial charge >= 0.3 is 0 Å². The van der Waals surface area contributed by atoms with E-state index in [9.17, 15) is 9.90 Å². The lowest BCUT2D eigenvalue weighted by molar-refractivity contribution is 0.0796. The Morgan fingerprint density at radius 3 is 3.04 bits per heavy atom. The van der Waals surface area contributed by atoms with Crippen LogP contribution in [0, 0.1) is 5.92 Å². The second-order valence-corrected chi connectivity index (χ2v) is 6.49. The van der Waals surface area contributed by atoms with E-state index in [-0.39, 0.29) is 12.5 Å². The maximum Gasteiger partial charge on any atom is 0.253 e. The number of fused-ring (bicyclic) bond motifs is 1. The van der Waals surface area contributed by atoms with E-state index >= 15 is 0 Å². The van der Waals surface area contributed by atoms with Crippen molar-refractivity contribution in [2.75, 3.05) is 26.2 Å². The number of hydrogen-bond acceptors (Lipinski definition) is 4. The Bertz CT molecular complexity index is 661. The van der Waals surface area contributed by atoms with Gasteiger partial charge in [-0.05, 0) is 37.9 Å². The summed E-state index contributed by atoms with van der Waals surface area (Å²) in [6, 6.07) is 5.49. The number of para-hydroxylation sites is 1. The van der Waals surface area contributed by atoms with E-state index in [1.54, 1.807) is 12.3 Å². The fourth-order valence-corrected chi connectivity index (χ4v) is 3.07. The number of H-pyrrole nitrogens is 1. The molecule has 0 bridgehead atoms. The molecule has 1 unspecified atom stereocenters. The fourth-order valence-electron chi connectivity index (χ4n) is 3.07. The first kappa shape index (κ1) is 16.0. The van der Waals surface area contributed by atoms with E-state index in [1.165, 1.54) is 12.8 Å². The SMILES string of the molecule is CC1CCN(CC(O)CNC(=O)c2cccc3cn[nH]c23)CC1. The number of aliphatic hydroxyl groups is 1. The monoisotopic (exact) mass is 316 g/mol. The molecule has 1 aliphatic heterocycles. The van der Waals surface area contributed by atoms with Crippen LogP contribution in [-0.4, -0.2) is 58.4 Å². The predicted octanol–water partition coefficient (Wildman–Crippen LogP) is 1.39. The molecule has 1 aliphatic rings. The molecule has 0 aliphatic carbocycles. The lowest BCUT2D eigenvalue weighted by Crippen LogP contribution is -2.43. The van der Waals surface area contributed by atoms with E-state index in [4.69, 9.17) is 0 Å². The van der Waals surface area contributed by atoms with E-state index in [0.29, 0.717) is 12.1 Å². The van der Waals surface area contributed by atoms with Gasteiger partial charge in [0.1, 0.15) is 0 Å². The number of benzene rings is 1. The van der Waals surface area contributed by atoms with Crippen LogP contribution in [0.25, 0.3) is 10.9 Å². The van der Waals surface area contributed by atoms with Crippen molar-refractivity contribution in [3.8, 4) is 0 Å². The molecule has 1 aromatic heterocycles. The van der Waals surface area contributed by atoms with Crippen molar-refractivity contribution in [2.45, 2.75) is 25.9 Å². The maximum absolute atomic E-state index is 12.3. The summed E-state index contributed by atoms with van der Waals surface area (Å²) in [4.78, 5) is 14.6. The Labute approximate surface area is 135 Å². The third-order valence-corrected chi connectivity index (χ3v) is 4.56. The minimum absolute atomic E-state index is 0.189. The number of aliphatic hydroxyl groups excluding tert-OH is 1. The summed E-state index contributed by atoms with van der Waals surface area (Å²) < 4.78 is 0. The molecule has 1 fully saturated rings. The van der Waals surface area contributed by atoms with E-state index in [0.717, 1.165) is 29.9 Å². The van der Waals surface area contributed by atoms with Crippen molar-refractivity contribution in [2.24, 2.45) is 5.92 Å². The summed E-state index contributed by atoms with van der Waals surface area (Å²) in [7, 11) is 0. The van der Waals surface area contributed by atoms with Crippen LogP contribution < -0.4 is 5.32 Å². The zero-order valence-electron chi connectivity index (χ0n) is 13.5. The van der Waals surface area contributed by atoms with Crippen molar-refractivity contribution in [3.63, 3.8) is 0 Å². The molecule has 2 aromatic rings. The van der Waals surface area contributed by atoms with Crippen LogP contribution in [0.2, 0.25) is 0 Å². The van der Waals surface area contributed by atoms with E-state index < -0.39 is 6.10 Å². The van der Waals surface area contributed by atoms with Crippen molar-refractivity contribution >= 4 is 16.8 Å². The van der Waals surface area contributed by atoms with Gasteiger partial charge in [0.2, 0.25) is 0 Å². The van der Waals surface area contributed by atoms with Crippen LogP contribution in [0.15, 0.2) is 24.4 Å². The van der Waals surface area contributed by atoms with Crippen molar-refractivity contribution in [3.05, 3.63) is 30.0 Å². The number of piperidine rings is 1. The molecule has 6 nitrogen and oxygen atoms in total. The predicted molar refractivity (Wildman–Crippen MR) is 89.3 cm³/mol. The summed E-state index contributed by atoms with van der Waals surface area (Å²) in [5.74, 6) is 0.587. The number of amides is 1. The zero-order chi connectivity index (χ0) is 16.2. The number of nitrogens with one attached hydrogen (secondary N) is 2. The first-order valence-corrected chi connectivity index (χ1v) is 8.24. The van der Waals surface area contributed by atoms with Gasteiger partial charge in [-0.3, -0.25) is 9.89 Å². The highest BCUT2D eigenvalue weighted by Crippen LogP contribution is 2.16. The molecule has 124 valence electrons. The van der Waals surface area contributed by atoms with E-state index in [1.807, 2.05) is 12.1 Å². The van der Waals surface area contributed by atoms with Crippen LogP contribution in [-0.2, 0) is 0 Å². The Balaban J connectivity index is 1.51. The van der Waals surface area contributed by atoms with Crippen LogP contribution in [0.4, 0.5) is 0 Å². The minimum Gasteiger partial charge on any atom is -0.390 e. The fraction of sp³-hybridized carbons (Fsp3) is 0.529. The highest BCUT2D eigenvalue weighted by Gasteiger charge is 2.19. The molecule has 0 spiro atoms. The topological polar surface area (TPSA) is 81.2 Å². The Morgan fingerprint density at radius 1 is 1.48 bits per heavy atom. The molecule has 0 saturated carbocycles. The van der Waals surface area contributed by atoms with Crippen LogP contribution in [0.1, 0.15) is 30.1 Å². The number of β-amino-alcohol motifs (C(OH)–C–C–N with tert-alkyl or cyclic N) is 1. The molecule has 1 amide bonds. The van der Waals surface area contributed by atoms with Gasteiger partial charge in [-0.25, -0.2) is 0 Å². The molecule has 0 radical (unpaired) electrons. The Hall–Kier alpha value is -1.92. The smallest absolute Gasteiger partial charge is 0.253 e. The van der Waals surface area contributed by atoms with Gasteiger partial charge in [0, 0.05) is 18.5 Å². The third-order valence-electron chi connectivity index (χ3n) is 4.56. The first-order valence-electron chi connectivity index (χ1n) is 8.24. The molecule has 1 saturated heterocycles. The highest BCUT2D eigenvalue weighted by atomic mass is 16.3. The number of rotatable bonds is 5. The lowest BCUT2D eigenvalue weighted by atomic mass is 9.99. The molecule has 3 N–H and O–H groups in total. The van der Waals surface area contributed by atoms with Gasteiger partial charge in [0.25, 0.3) is 5.91 Å². The van der Waals surface area contributed by atoms with Gasteiger partial charge < -0.3 is 15.3 Å². The standard InChI is InChI=1S/C17H24N4O2/c1-12-5-7-21(8-6-12)11-14(22)10-18-17(23)15-4-2-3-13-9-19-20-16(13)15/h2-4,9,12,14,22H,5-8,10-11H2,1H3,(H,18,23)(H,19,20). The second-order valence-electron chi connectivity index (χ2n) is 6.49. The number of hydrogen-bond donors (Lipinski definition) is 3. The number of carbonyl (C=O) groups excluding carboxylic acids is 1. The van der Waals surface area contributed by atoms with Gasteiger partial charge in [-0.15, -0.1) is 0 Å². The number of carbonyl (C=O) groups is 1. The average molecular weight is 316 g/mol. The second kappa shape index (κ2) is 7.10. The van der Waals surface area contributed by atoms with Gasteiger partial charge in [-0.1, -0.05) is 19.1 Å². The number of aromatic amines is 1. The summed E-state index contributed by atoms with van der Waals surface area (Å²) >= 11 is 0. The largest absolute Gasteiger partial charge is 0.390 e. The summed E-state index contributed by atoms with van der Waals surface area (Å²) in [6.45, 7) is 5.19. The van der Waals surface area contributed by atoms with Crippen LogP contribution in [0.5, 0.6) is 0 Å². The maximum atomic E-state index is 12.3. The van der Waals surface area contributed by atoms with Crippen LogP contribution >= 0.6 is 0 Å². The van der Waals surface area contributed by atoms with Gasteiger partial charge in [-0.2, -0.15) is 5.10 Å². The summed E-state index contributed by atoms with van der Waals surface area (Å²) in [5.41, 5.74) is 1.28. The number of likely N-dealkylation sites (tertiary alicyclic amines) is 1. The summed E-state index contributed by atoms with van der Waals surface area (Å²) in [6.07, 6.45) is 3.51. The third kappa shape index (κ3) is 3.89. The first-order chi connectivity index (χ1) is 11.1. The molecule has 1 aromatic carbocycles. The van der Waals surface area contributed by atoms with E-state index in [2.05, 4.69) is 27.3 Å². The normalized spacial score (nSPS) is 18.2. The lowest BCUT2D eigenvalue weighted by Gasteiger charge is -2.31. The molecule has 23 heavy (non-hydrogen) atoms. The quantitative estimate of drug-likeness (QED) is 0.778. The van der Waals surface area contributed by atoms with Crippen molar-refractivity contribution < 1.29 is 9.90 Å². The number of nitrogens with zero attached hydrogens (tertiary/aromatic N) is 2. The molecule has 2 heterocycles. The number of aromatic nitrogens is 2. The molecule has 1 atom stereocenters. The average Bonchev–Trinajstić information content (AvgIpc) is 3.03. The Morgan fingerprint density at radius 2 is 2.26 bits per heavy atom. The Kier molecular flexibility index (Phi) is 4.93. The molecule has 6 heteroatoms. The van der Waals surface area contributed by atoms with Gasteiger partial charge in [0.15, 0.2) is 0 Å². The van der Waals surface area contributed by atoms with Crippen LogP contribution in [0.3, 0.4) is 0 Å². The minimum atomic E-state index is -0.548. The summed E-state index contributed by atoms with van der Waals surface area (Å²) in [5, 5.41) is 20.7. The van der Waals surface area contributed by atoms with Crippen molar-refractivity contribution in [1.82, 2.24) is 20.4 Å². The zero-order valence-corrected chi connectivity index (χ0v) is 13.5. The molecule has 3 rings (SSSR count). The molecular formula is C17H24N4O2. The van der Waals surface area contributed by atoms with Gasteiger partial charge in [0.05, 0.1) is 23.4 Å². The molecular weight excluding hydrogens is 292 g/mol. The highest BCUT2D eigenvalue weighted by molar-refractivity contribution is 6.05.